The molecule has 2 rings (SSSR count). The molecule has 0 heterocycles. The Kier molecular flexibility index (Phi) is 4.65. The van der Waals surface area contributed by atoms with Crippen LogP contribution in [0.25, 0.3) is 0 Å². The fourth-order valence-corrected chi connectivity index (χ4v) is 2.62. The monoisotopic (exact) mass is 277 g/mol. The van der Waals surface area contributed by atoms with Gasteiger partial charge in [0.15, 0.2) is 6.61 Å². The first-order valence-electron chi connectivity index (χ1n) is 7.14. The topological polar surface area (TPSA) is 49.8 Å². The van der Waals surface area contributed by atoms with Crippen molar-refractivity contribution in [2.75, 3.05) is 19.8 Å². The van der Waals surface area contributed by atoms with E-state index in [2.05, 4.69) is 12.1 Å². The number of hydrogen-bond acceptors (Lipinski definition) is 3. The maximum absolute atomic E-state index is 12.2. The van der Waals surface area contributed by atoms with Gasteiger partial charge in [-0.25, -0.2) is 0 Å². The molecule has 4 nitrogen and oxygen atoms in total. The van der Waals surface area contributed by atoms with Crippen LogP contribution in [0, 0.1) is 20.8 Å². The molecule has 1 fully saturated rings. The van der Waals surface area contributed by atoms with E-state index in [1.54, 1.807) is 4.90 Å². The van der Waals surface area contributed by atoms with E-state index in [0.717, 1.165) is 29.7 Å². The Morgan fingerprint density at radius 2 is 1.90 bits per heavy atom. The molecule has 20 heavy (non-hydrogen) atoms. The number of aliphatic hydroxyl groups is 1. The molecule has 110 valence electrons. The Balaban J connectivity index is 1.99. The van der Waals surface area contributed by atoms with Crippen molar-refractivity contribution in [3.8, 4) is 5.75 Å². The molecule has 1 N–H and O–H groups in total. The van der Waals surface area contributed by atoms with E-state index < -0.39 is 0 Å². The summed E-state index contributed by atoms with van der Waals surface area (Å²) in [6.07, 6.45) is 2.07. The second kappa shape index (κ2) is 6.27. The van der Waals surface area contributed by atoms with Gasteiger partial charge >= 0.3 is 0 Å². The molecule has 0 bridgehead atoms. The molecule has 0 aliphatic heterocycles. The van der Waals surface area contributed by atoms with Crippen LogP contribution in [0.4, 0.5) is 0 Å². The summed E-state index contributed by atoms with van der Waals surface area (Å²) in [6, 6.07) is 4.41. The van der Waals surface area contributed by atoms with Crippen LogP contribution in [0.2, 0.25) is 0 Å². The summed E-state index contributed by atoms with van der Waals surface area (Å²) in [4.78, 5) is 13.9. The number of aryl methyl sites for hydroxylation is 3. The van der Waals surface area contributed by atoms with Crippen molar-refractivity contribution in [3.63, 3.8) is 0 Å². The second-order valence-corrected chi connectivity index (χ2v) is 5.56. The summed E-state index contributed by atoms with van der Waals surface area (Å²) in [5.74, 6) is 0.754. The lowest BCUT2D eigenvalue weighted by molar-refractivity contribution is -0.134. The number of ether oxygens (including phenoxy) is 1. The highest BCUT2D eigenvalue weighted by atomic mass is 16.5. The van der Waals surface area contributed by atoms with Crippen molar-refractivity contribution < 1.29 is 14.6 Å². The smallest absolute Gasteiger partial charge is 0.260 e. The lowest BCUT2D eigenvalue weighted by Gasteiger charge is -2.22. The number of aliphatic hydroxyl groups excluding tert-OH is 1. The van der Waals surface area contributed by atoms with Gasteiger partial charge in [0.05, 0.1) is 6.61 Å². The molecule has 0 atom stereocenters. The maximum atomic E-state index is 12.2. The van der Waals surface area contributed by atoms with Crippen molar-refractivity contribution in [2.24, 2.45) is 0 Å². The van der Waals surface area contributed by atoms with Crippen LogP contribution in [0.1, 0.15) is 29.5 Å². The van der Waals surface area contributed by atoms with Crippen LogP contribution in [0.5, 0.6) is 5.75 Å². The van der Waals surface area contributed by atoms with Crippen molar-refractivity contribution in [1.29, 1.82) is 0 Å². The van der Waals surface area contributed by atoms with Gasteiger partial charge in [-0.3, -0.25) is 4.79 Å². The van der Waals surface area contributed by atoms with Gasteiger partial charge in [-0.1, -0.05) is 17.7 Å². The van der Waals surface area contributed by atoms with Crippen LogP contribution in [0.15, 0.2) is 12.1 Å². The van der Waals surface area contributed by atoms with E-state index in [1.165, 1.54) is 5.56 Å². The lowest BCUT2D eigenvalue weighted by Crippen LogP contribution is -2.38. The predicted octanol–water partition coefficient (Wildman–Crippen LogP) is 1.97. The van der Waals surface area contributed by atoms with Crippen LogP contribution in [-0.4, -0.2) is 41.7 Å². The Morgan fingerprint density at radius 3 is 2.40 bits per heavy atom. The van der Waals surface area contributed by atoms with Gasteiger partial charge in [-0.2, -0.15) is 0 Å². The molecular weight excluding hydrogens is 254 g/mol. The van der Waals surface area contributed by atoms with Gasteiger partial charge in [0.1, 0.15) is 5.75 Å². The van der Waals surface area contributed by atoms with E-state index in [4.69, 9.17) is 9.84 Å². The molecule has 0 saturated heterocycles. The minimum atomic E-state index is -0.0408. The summed E-state index contributed by atoms with van der Waals surface area (Å²) in [6.45, 7) is 6.48. The minimum absolute atomic E-state index is 0.00479. The van der Waals surface area contributed by atoms with E-state index >= 15 is 0 Å². The molecule has 0 aromatic heterocycles. The fourth-order valence-electron chi connectivity index (χ4n) is 2.62. The van der Waals surface area contributed by atoms with E-state index in [1.807, 2.05) is 20.8 Å². The predicted molar refractivity (Wildman–Crippen MR) is 78.0 cm³/mol. The van der Waals surface area contributed by atoms with Gasteiger partial charge in [0.2, 0.25) is 0 Å². The minimum Gasteiger partial charge on any atom is -0.483 e. The van der Waals surface area contributed by atoms with Gasteiger partial charge in [-0.15, -0.1) is 0 Å². The molecule has 1 saturated carbocycles. The Labute approximate surface area is 120 Å². The molecule has 1 aliphatic carbocycles. The summed E-state index contributed by atoms with van der Waals surface area (Å²) in [7, 11) is 0. The van der Waals surface area contributed by atoms with Crippen molar-refractivity contribution >= 4 is 5.91 Å². The van der Waals surface area contributed by atoms with Crippen LogP contribution in [-0.2, 0) is 4.79 Å². The molecule has 1 amide bonds. The third-order valence-corrected chi connectivity index (χ3v) is 3.59. The third-order valence-electron chi connectivity index (χ3n) is 3.59. The average Bonchev–Trinajstić information content (AvgIpc) is 3.18. The second-order valence-electron chi connectivity index (χ2n) is 5.56. The maximum Gasteiger partial charge on any atom is 0.260 e. The average molecular weight is 277 g/mol. The number of benzene rings is 1. The summed E-state index contributed by atoms with van der Waals surface area (Å²) >= 11 is 0. The Hall–Kier alpha value is -1.55. The Bertz CT molecular complexity index is 471. The van der Waals surface area contributed by atoms with Crippen molar-refractivity contribution in [2.45, 2.75) is 39.7 Å². The highest BCUT2D eigenvalue weighted by molar-refractivity contribution is 5.78. The van der Waals surface area contributed by atoms with Crippen molar-refractivity contribution in [3.05, 3.63) is 28.8 Å². The highest BCUT2D eigenvalue weighted by Gasteiger charge is 2.32. The highest BCUT2D eigenvalue weighted by Crippen LogP contribution is 2.28. The SMILES string of the molecule is Cc1cc(C)c(OCC(=O)N(CCO)C2CC2)c(C)c1. The fraction of sp³-hybridized carbons (Fsp3) is 0.562. The zero-order valence-electron chi connectivity index (χ0n) is 12.5. The van der Waals surface area contributed by atoms with Crippen LogP contribution >= 0.6 is 0 Å². The summed E-state index contributed by atoms with van der Waals surface area (Å²) < 4.78 is 5.72. The van der Waals surface area contributed by atoms with Gasteiger partial charge in [0.25, 0.3) is 5.91 Å². The molecule has 4 heteroatoms. The standard InChI is InChI=1S/C16H23NO3/c1-11-8-12(2)16(13(3)9-11)20-10-15(19)17(6-7-18)14-4-5-14/h8-9,14,18H,4-7,10H2,1-3H3. The molecule has 1 aromatic carbocycles. The Morgan fingerprint density at radius 1 is 1.30 bits per heavy atom. The number of carbonyl (C=O) groups is 1. The van der Waals surface area contributed by atoms with Gasteiger partial charge in [0, 0.05) is 12.6 Å². The van der Waals surface area contributed by atoms with Gasteiger partial charge in [-0.05, 0) is 44.7 Å². The first-order chi connectivity index (χ1) is 9.52. The zero-order chi connectivity index (χ0) is 14.7. The van der Waals surface area contributed by atoms with Crippen LogP contribution in [0.3, 0.4) is 0 Å². The number of nitrogens with zero attached hydrogens (tertiary/aromatic N) is 1. The van der Waals surface area contributed by atoms with Crippen LogP contribution < -0.4 is 4.74 Å². The number of hydrogen-bond donors (Lipinski definition) is 1. The van der Waals surface area contributed by atoms with E-state index in [9.17, 15) is 4.79 Å². The summed E-state index contributed by atoms with van der Waals surface area (Å²) in [5.41, 5.74) is 3.30. The summed E-state index contributed by atoms with van der Waals surface area (Å²) in [5, 5.41) is 9.03. The first-order valence-corrected chi connectivity index (χ1v) is 7.14. The van der Waals surface area contributed by atoms with E-state index in [0.29, 0.717) is 12.6 Å². The number of rotatable bonds is 6. The number of amides is 1. The first kappa shape index (κ1) is 14.9. The zero-order valence-corrected chi connectivity index (χ0v) is 12.5. The number of carbonyl (C=O) groups excluding carboxylic acids is 1. The van der Waals surface area contributed by atoms with Gasteiger partial charge < -0.3 is 14.7 Å². The third kappa shape index (κ3) is 3.51. The lowest BCUT2D eigenvalue weighted by atomic mass is 10.1. The quantitative estimate of drug-likeness (QED) is 0.865. The molecule has 1 aliphatic rings. The molecule has 0 radical (unpaired) electrons. The largest absolute Gasteiger partial charge is 0.483 e. The molecule has 0 unspecified atom stereocenters. The van der Waals surface area contributed by atoms with E-state index in [-0.39, 0.29) is 19.1 Å². The molecule has 0 spiro atoms. The molecular formula is C16H23NO3. The normalized spacial score (nSPS) is 14.2. The molecule has 1 aromatic rings. The van der Waals surface area contributed by atoms with Crippen molar-refractivity contribution in [1.82, 2.24) is 4.90 Å².